The second kappa shape index (κ2) is 11.4. The first kappa shape index (κ1) is 27.1. The van der Waals surface area contributed by atoms with Crippen molar-refractivity contribution in [2.24, 2.45) is 0 Å². The molecule has 3 aliphatic heterocycles. The first-order valence-electron chi connectivity index (χ1n) is 13.3. The number of nitrogens with zero attached hydrogens (tertiary/aromatic N) is 5. The van der Waals surface area contributed by atoms with Crippen LogP contribution in [0, 0.1) is 5.82 Å². The lowest BCUT2D eigenvalue weighted by atomic mass is 10.1. The van der Waals surface area contributed by atoms with Crippen LogP contribution in [-0.4, -0.2) is 81.9 Å². The molecule has 40 heavy (non-hydrogen) atoms. The number of carboxylic acids is 1. The molecule has 2 fully saturated rings. The molecule has 13 heteroatoms. The molecular weight excluding hydrogens is 562 g/mol. The number of hydrogen-bond acceptors (Lipinski definition) is 8. The number of aromatic nitrogens is 3. The van der Waals surface area contributed by atoms with E-state index in [4.69, 9.17) is 32.7 Å². The molecule has 3 aromatic rings. The van der Waals surface area contributed by atoms with Gasteiger partial charge >= 0.3 is 5.97 Å². The summed E-state index contributed by atoms with van der Waals surface area (Å²) in [6, 6.07) is 7.85. The summed E-state index contributed by atoms with van der Waals surface area (Å²) in [6.45, 7) is 3.98. The van der Waals surface area contributed by atoms with Gasteiger partial charge in [-0.15, -0.1) is 5.10 Å². The third-order valence-electron chi connectivity index (χ3n) is 7.54. The number of nitrogens with one attached hydrogen (secondary N) is 1. The maximum absolute atomic E-state index is 14.2. The molecule has 212 valence electrons. The van der Waals surface area contributed by atoms with E-state index in [0.717, 1.165) is 51.2 Å². The highest BCUT2D eigenvalue weighted by molar-refractivity contribution is 6.31. The summed E-state index contributed by atoms with van der Waals surface area (Å²) in [6.07, 6.45) is 4.22. The number of fused-ring (bicyclic) bond motifs is 1. The maximum atomic E-state index is 14.2. The lowest BCUT2D eigenvalue weighted by Gasteiger charge is -2.38. The van der Waals surface area contributed by atoms with Gasteiger partial charge in [-0.2, -0.15) is 0 Å². The van der Waals surface area contributed by atoms with Crippen LogP contribution >= 0.6 is 23.2 Å². The van der Waals surface area contributed by atoms with Crippen molar-refractivity contribution in [1.29, 1.82) is 0 Å². The van der Waals surface area contributed by atoms with Crippen molar-refractivity contribution in [2.75, 3.05) is 43.0 Å². The molecule has 2 atom stereocenters. The van der Waals surface area contributed by atoms with Crippen molar-refractivity contribution in [1.82, 2.24) is 19.7 Å². The summed E-state index contributed by atoms with van der Waals surface area (Å²) in [4.78, 5) is 20.4. The van der Waals surface area contributed by atoms with Gasteiger partial charge in [0.15, 0.2) is 11.5 Å². The van der Waals surface area contributed by atoms with Crippen LogP contribution in [0.25, 0.3) is 0 Å². The average molecular weight is 591 g/mol. The lowest BCUT2D eigenvalue weighted by Crippen LogP contribution is -2.51. The number of rotatable bonds is 9. The molecule has 5 heterocycles. The minimum absolute atomic E-state index is 0.0260. The Bertz CT molecular complexity index is 1400. The molecule has 2 saturated heterocycles. The summed E-state index contributed by atoms with van der Waals surface area (Å²) < 4.78 is 27.6. The Morgan fingerprint density at radius 1 is 1.18 bits per heavy atom. The zero-order valence-electron chi connectivity index (χ0n) is 21.6. The standard InChI is InChI=1S/C27H29Cl2FN6O4/c28-17-2-1-16(21(30)11-17)12-35-14-20(29)26(33-35)40-18-5-8-34(9-6-18)15-24-31-22-3-4-23(27(37)38)32-25(22)36(24)13-19-7-10-39-19/h1-4,11,14,18-19,24,31H,5-10,12-13,15H2,(H,37,38)/t19-,24?/m0/s1. The zero-order valence-corrected chi connectivity index (χ0v) is 23.1. The minimum Gasteiger partial charge on any atom is -0.477 e. The molecule has 0 bridgehead atoms. The molecule has 3 aliphatic rings. The molecule has 2 aromatic heterocycles. The lowest BCUT2D eigenvalue weighted by molar-refractivity contribution is -0.0453. The van der Waals surface area contributed by atoms with Gasteiger partial charge in [-0.25, -0.2) is 14.2 Å². The molecule has 2 N–H and O–H groups in total. The van der Waals surface area contributed by atoms with E-state index < -0.39 is 11.8 Å². The van der Waals surface area contributed by atoms with E-state index in [1.165, 1.54) is 12.1 Å². The number of benzene rings is 1. The molecule has 0 spiro atoms. The topological polar surface area (TPSA) is 105 Å². The summed E-state index contributed by atoms with van der Waals surface area (Å²) in [5, 5.41) is 18.1. The van der Waals surface area contributed by atoms with Crippen LogP contribution < -0.4 is 15.0 Å². The van der Waals surface area contributed by atoms with E-state index >= 15 is 0 Å². The smallest absolute Gasteiger partial charge is 0.354 e. The number of hydrogen-bond donors (Lipinski definition) is 2. The zero-order chi connectivity index (χ0) is 27.8. The Hall–Kier alpha value is -3.12. The van der Waals surface area contributed by atoms with Crippen molar-refractivity contribution in [2.45, 2.75) is 44.2 Å². The Kier molecular flexibility index (Phi) is 7.71. The Morgan fingerprint density at radius 2 is 1.98 bits per heavy atom. The summed E-state index contributed by atoms with van der Waals surface area (Å²) in [5.74, 6) is -0.447. The Balaban J connectivity index is 1.05. The predicted molar refractivity (Wildman–Crippen MR) is 148 cm³/mol. The maximum Gasteiger partial charge on any atom is 0.354 e. The SMILES string of the molecule is O=C(O)c1ccc2c(n1)N(C[C@@H]1CCO1)C(CN1CCC(Oc3nn(Cc4ccc(Cl)cc4F)cc3Cl)CC1)N2. The van der Waals surface area contributed by atoms with Gasteiger partial charge in [0.05, 0.1) is 18.3 Å². The van der Waals surface area contributed by atoms with E-state index in [0.29, 0.717) is 33.9 Å². The van der Waals surface area contributed by atoms with Gasteiger partial charge in [0, 0.05) is 49.6 Å². The monoisotopic (exact) mass is 590 g/mol. The molecule has 1 aromatic carbocycles. The minimum atomic E-state index is -1.05. The molecule has 10 nitrogen and oxygen atoms in total. The van der Waals surface area contributed by atoms with Crippen LogP contribution in [0.4, 0.5) is 15.9 Å². The van der Waals surface area contributed by atoms with Gasteiger partial charge in [0.1, 0.15) is 23.1 Å². The number of carbonyl (C=O) groups is 1. The van der Waals surface area contributed by atoms with Crippen LogP contribution in [0.3, 0.4) is 0 Å². The fraction of sp³-hybridized carbons (Fsp3) is 0.444. The number of ether oxygens (including phenoxy) is 2. The van der Waals surface area contributed by atoms with E-state index in [1.807, 2.05) is 0 Å². The van der Waals surface area contributed by atoms with Crippen molar-refractivity contribution in [3.63, 3.8) is 0 Å². The number of carboxylic acid groups (broad SMARTS) is 1. The third kappa shape index (κ3) is 5.83. The van der Waals surface area contributed by atoms with Crippen LogP contribution in [0.1, 0.15) is 35.3 Å². The fourth-order valence-corrected chi connectivity index (χ4v) is 5.64. The molecule has 0 radical (unpaired) electrons. The second-order valence-corrected chi connectivity index (χ2v) is 11.1. The van der Waals surface area contributed by atoms with Crippen LogP contribution in [0.15, 0.2) is 36.5 Å². The van der Waals surface area contributed by atoms with Crippen LogP contribution in [-0.2, 0) is 11.3 Å². The highest BCUT2D eigenvalue weighted by atomic mass is 35.5. The van der Waals surface area contributed by atoms with Crippen molar-refractivity contribution >= 4 is 40.7 Å². The number of piperidine rings is 1. The van der Waals surface area contributed by atoms with Gasteiger partial charge in [0.2, 0.25) is 0 Å². The van der Waals surface area contributed by atoms with Crippen molar-refractivity contribution in [3.05, 3.63) is 63.6 Å². The van der Waals surface area contributed by atoms with Gasteiger partial charge < -0.3 is 24.8 Å². The molecule has 6 rings (SSSR count). The van der Waals surface area contributed by atoms with Crippen LogP contribution in [0.2, 0.25) is 10.0 Å². The largest absolute Gasteiger partial charge is 0.477 e. The molecule has 1 unspecified atom stereocenters. The highest BCUT2D eigenvalue weighted by Gasteiger charge is 2.36. The number of pyridine rings is 1. The summed E-state index contributed by atoms with van der Waals surface area (Å²) >= 11 is 12.2. The van der Waals surface area contributed by atoms with Crippen molar-refractivity contribution in [3.8, 4) is 5.88 Å². The molecule has 0 aliphatic carbocycles. The van der Waals surface area contributed by atoms with E-state index in [9.17, 15) is 14.3 Å². The first-order valence-corrected chi connectivity index (χ1v) is 14.0. The summed E-state index contributed by atoms with van der Waals surface area (Å²) in [7, 11) is 0. The predicted octanol–water partition coefficient (Wildman–Crippen LogP) is 4.36. The molecular formula is C27H29Cl2FN6O4. The molecule has 0 saturated carbocycles. The number of halogens is 3. The summed E-state index contributed by atoms with van der Waals surface area (Å²) in [5.41, 5.74) is 1.31. The fourth-order valence-electron chi connectivity index (χ4n) is 5.29. The van der Waals surface area contributed by atoms with Crippen LogP contribution in [0.5, 0.6) is 5.88 Å². The second-order valence-electron chi connectivity index (χ2n) is 10.3. The van der Waals surface area contributed by atoms with E-state index in [2.05, 4.69) is 25.2 Å². The number of anilines is 2. The van der Waals surface area contributed by atoms with Crippen molar-refractivity contribution < 1.29 is 23.8 Å². The van der Waals surface area contributed by atoms with Gasteiger partial charge in [-0.3, -0.25) is 9.58 Å². The normalized spacial score (nSPS) is 21.1. The van der Waals surface area contributed by atoms with Gasteiger partial charge in [0.25, 0.3) is 5.88 Å². The average Bonchev–Trinajstić information content (AvgIpc) is 3.42. The molecule has 0 amide bonds. The third-order valence-corrected chi connectivity index (χ3v) is 8.03. The van der Waals surface area contributed by atoms with Gasteiger partial charge in [-0.1, -0.05) is 29.3 Å². The number of aromatic carboxylic acids is 1. The Morgan fingerprint density at radius 3 is 2.67 bits per heavy atom. The quantitative estimate of drug-likeness (QED) is 0.376. The highest BCUT2D eigenvalue weighted by Crippen LogP contribution is 2.35. The van der Waals surface area contributed by atoms with Gasteiger partial charge in [-0.05, 0) is 43.5 Å². The van der Waals surface area contributed by atoms with E-state index in [-0.39, 0.29) is 30.6 Å². The van der Waals surface area contributed by atoms with E-state index in [1.54, 1.807) is 29.1 Å². The number of likely N-dealkylation sites (tertiary alicyclic amines) is 1. The first-order chi connectivity index (χ1) is 19.3. The Labute approximate surface area is 240 Å².